The van der Waals surface area contributed by atoms with Crippen molar-refractivity contribution in [3.63, 3.8) is 0 Å². The predicted octanol–water partition coefficient (Wildman–Crippen LogP) is 1.56. The van der Waals surface area contributed by atoms with Crippen molar-refractivity contribution in [2.45, 2.75) is 12.0 Å². The highest BCUT2D eigenvalue weighted by Gasteiger charge is 2.28. The van der Waals surface area contributed by atoms with E-state index in [4.69, 9.17) is 4.74 Å². The van der Waals surface area contributed by atoms with Crippen LogP contribution in [0.2, 0.25) is 0 Å². The molecule has 1 fully saturated rings. The molecule has 2 N–H and O–H groups in total. The molecule has 0 aliphatic carbocycles. The fraction of sp³-hybridized carbons (Fsp3) is 0.368. The fourth-order valence-corrected chi connectivity index (χ4v) is 3.18. The summed E-state index contributed by atoms with van der Waals surface area (Å²) >= 11 is 0. The molecule has 0 unspecified atom stereocenters. The third-order valence-electron chi connectivity index (χ3n) is 4.53. The predicted molar refractivity (Wildman–Crippen MR) is 86.9 cm³/mol. The summed E-state index contributed by atoms with van der Waals surface area (Å²) in [5, 5.41) is 10.9. The minimum atomic E-state index is -0.645. The first-order chi connectivity index (χ1) is 11.2. The Bertz CT molecular complexity index is 597. The minimum absolute atomic E-state index is 0.0187. The number of rotatable bonds is 5. The van der Waals surface area contributed by atoms with E-state index in [0.29, 0.717) is 0 Å². The standard InChI is InChI=1S/C19H22FNO2/c20-17-8-6-16(7-9-17)19(22)18(15-4-2-1-3-5-15)14-21-10-12-23-13-11-21/h1-9,18-19,22H,10-14H2/p+1/t18-,19+/m0/s1. The number of hydrogen-bond donors (Lipinski definition) is 2. The highest BCUT2D eigenvalue weighted by molar-refractivity contribution is 5.27. The molecule has 4 heteroatoms. The number of hydrogen-bond acceptors (Lipinski definition) is 2. The van der Waals surface area contributed by atoms with Gasteiger partial charge in [0.05, 0.1) is 31.8 Å². The molecule has 3 nitrogen and oxygen atoms in total. The molecule has 3 rings (SSSR count). The Balaban J connectivity index is 1.83. The van der Waals surface area contributed by atoms with E-state index in [1.54, 1.807) is 12.1 Å². The molecule has 2 atom stereocenters. The fourth-order valence-electron chi connectivity index (χ4n) is 3.18. The number of aliphatic hydroxyl groups excluding tert-OH is 1. The van der Waals surface area contributed by atoms with Gasteiger partial charge in [0.15, 0.2) is 0 Å². The summed E-state index contributed by atoms with van der Waals surface area (Å²) in [5.74, 6) is -0.300. The van der Waals surface area contributed by atoms with E-state index in [9.17, 15) is 9.50 Å². The van der Waals surface area contributed by atoms with Gasteiger partial charge in [0.2, 0.25) is 0 Å². The van der Waals surface area contributed by atoms with Crippen LogP contribution in [0, 0.1) is 5.82 Å². The topological polar surface area (TPSA) is 33.9 Å². The maximum Gasteiger partial charge on any atom is 0.123 e. The van der Waals surface area contributed by atoms with Gasteiger partial charge < -0.3 is 14.7 Å². The van der Waals surface area contributed by atoms with Crippen molar-refractivity contribution < 1.29 is 19.1 Å². The summed E-state index contributed by atoms with van der Waals surface area (Å²) < 4.78 is 18.6. The van der Waals surface area contributed by atoms with Crippen LogP contribution < -0.4 is 4.90 Å². The monoisotopic (exact) mass is 316 g/mol. The smallest absolute Gasteiger partial charge is 0.123 e. The van der Waals surface area contributed by atoms with Crippen molar-refractivity contribution in [3.05, 3.63) is 71.5 Å². The molecule has 0 amide bonds. The average molecular weight is 316 g/mol. The lowest BCUT2D eigenvalue weighted by molar-refractivity contribution is -0.909. The number of nitrogens with one attached hydrogen (secondary N) is 1. The van der Waals surface area contributed by atoms with Gasteiger partial charge in [-0.3, -0.25) is 0 Å². The van der Waals surface area contributed by atoms with E-state index in [2.05, 4.69) is 12.1 Å². The first-order valence-corrected chi connectivity index (χ1v) is 8.14. The average Bonchev–Trinajstić information content (AvgIpc) is 2.61. The SMILES string of the molecule is O[C@H](c1ccc(F)cc1)[C@@H](C[NH+]1CCOCC1)c1ccccc1. The molecule has 1 saturated heterocycles. The zero-order chi connectivity index (χ0) is 16.1. The Morgan fingerprint density at radius 3 is 2.26 bits per heavy atom. The van der Waals surface area contributed by atoms with E-state index in [1.165, 1.54) is 17.0 Å². The molecule has 0 aromatic heterocycles. The summed E-state index contributed by atoms with van der Waals surface area (Å²) in [7, 11) is 0. The van der Waals surface area contributed by atoms with Crippen molar-refractivity contribution >= 4 is 0 Å². The van der Waals surface area contributed by atoms with Gasteiger partial charge in [-0.05, 0) is 23.3 Å². The van der Waals surface area contributed by atoms with Crippen LogP contribution in [0.4, 0.5) is 4.39 Å². The van der Waals surface area contributed by atoms with E-state index in [1.807, 2.05) is 18.2 Å². The van der Waals surface area contributed by atoms with Gasteiger partial charge in [0.1, 0.15) is 18.9 Å². The van der Waals surface area contributed by atoms with Crippen LogP contribution in [0.25, 0.3) is 0 Å². The highest BCUT2D eigenvalue weighted by atomic mass is 19.1. The molecule has 0 radical (unpaired) electrons. The first kappa shape index (κ1) is 16.1. The van der Waals surface area contributed by atoms with Crippen LogP contribution in [0.15, 0.2) is 54.6 Å². The van der Waals surface area contributed by atoms with E-state index < -0.39 is 6.10 Å². The first-order valence-electron chi connectivity index (χ1n) is 8.14. The van der Waals surface area contributed by atoms with E-state index >= 15 is 0 Å². The van der Waals surface area contributed by atoms with Crippen molar-refractivity contribution in [1.29, 1.82) is 0 Å². The summed E-state index contributed by atoms with van der Waals surface area (Å²) in [5.41, 5.74) is 1.87. The molecule has 1 heterocycles. The third-order valence-corrected chi connectivity index (χ3v) is 4.53. The molecule has 1 aliphatic heterocycles. The van der Waals surface area contributed by atoms with Crippen molar-refractivity contribution in [1.82, 2.24) is 0 Å². The molecule has 0 saturated carbocycles. The van der Waals surface area contributed by atoms with Crippen LogP contribution in [0.5, 0.6) is 0 Å². The molecule has 0 spiro atoms. The van der Waals surface area contributed by atoms with E-state index in [0.717, 1.165) is 44.0 Å². The molecule has 1 aliphatic rings. The largest absolute Gasteiger partial charge is 0.388 e. The van der Waals surface area contributed by atoms with Crippen molar-refractivity contribution in [2.75, 3.05) is 32.8 Å². The van der Waals surface area contributed by atoms with E-state index in [-0.39, 0.29) is 11.7 Å². The number of halogens is 1. The quantitative estimate of drug-likeness (QED) is 0.878. The lowest BCUT2D eigenvalue weighted by Crippen LogP contribution is -3.14. The van der Waals surface area contributed by atoms with Gasteiger partial charge in [-0.15, -0.1) is 0 Å². The zero-order valence-electron chi connectivity index (χ0n) is 13.1. The normalized spacial score (nSPS) is 18.5. The van der Waals surface area contributed by atoms with Gasteiger partial charge >= 0.3 is 0 Å². The Labute approximate surface area is 136 Å². The summed E-state index contributed by atoms with van der Waals surface area (Å²) in [6.07, 6.45) is -0.645. The lowest BCUT2D eigenvalue weighted by Gasteiger charge is -2.30. The second kappa shape index (κ2) is 7.68. The van der Waals surface area contributed by atoms with Gasteiger partial charge in [0, 0.05) is 0 Å². The minimum Gasteiger partial charge on any atom is -0.388 e. The number of morpholine rings is 1. The Hall–Kier alpha value is -1.75. The highest BCUT2D eigenvalue weighted by Crippen LogP contribution is 2.30. The van der Waals surface area contributed by atoms with Crippen LogP contribution in [-0.2, 0) is 4.74 Å². The summed E-state index contributed by atoms with van der Waals surface area (Å²) in [4.78, 5) is 1.44. The maximum atomic E-state index is 13.1. The third kappa shape index (κ3) is 4.16. The van der Waals surface area contributed by atoms with Gasteiger partial charge in [-0.25, -0.2) is 4.39 Å². The number of ether oxygens (including phenoxy) is 1. The van der Waals surface area contributed by atoms with Crippen LogP contribution >= 0.6 is 0 Å². The van der Waals surface area contributed by atoms with Crippen molar-refractivity contribution in [3.8, 4) is 0 Å². The number of quaternary nitrogens is 1. The second-order valence-electron chi connectivity index (χ2n) is 6.08. The Morgan fingerprint density at radius 1 is 0.957 bits per heavy atom. The Kier molecular flexibility index (Phi) is 5.39. The molecule has 122 valence electrons. The molecule has 2 aromatic carbocycles. The molecular formula is C19H23FNO2+. The summed E-state index contributed by atoms with van der Waals surface area (Å²) in [6.45, 7) is 4.29. The number of benzene rings is 2. The molecule has 2 aromatic rings. The van der Waals surface area contributed by atoms with Gasteiger partial charge in [-0.2, -0.15) is 0 Å². The zero-order valence-corrected chi connectivity index (χ0v) is 13.1. The summed E-state index contributed by atoms with van der Waals surface area (Å²) in [6, 6.07) is 16.2. The molecular weight excluding hydrogens is 293 g/mol. The second-order valence-corrected chi connectivity index (χ2v) is 6.08. The van der Waals surface area contributed by atoms with Crippen LogP contribution in [-0.4, -0.2) is 38.0 Å². The van der Waals surface area contributed by atoms with Crippen LogP contribution in [0.1, 0.15) is 23.1 Å². The van der Waals surface area contributed by atoms with Crippen LogP contribution in [0.3, 0.4) is 0 Å². The lowest BCUT2D eigenvalue weighted by atomic mass is 9.88. The van der Waals surface area contributed by atoms with Crippen molar-refractivity contribution in [2.24, 2.45) is 0 Å². The van der Waals surface area contributed by atoms with Gasteiger partial charge in [-0.1, -0.05) is 42.5 Å². The Morgan fingerprint density at radius 2 is 1.61 bits per heavy atom. The maximum absolute atomic E-state index is 13.1. The number of aliphatic hydroxyl groups is 1. The molecule has 23 heavy (non-hydrogen) atoms. The van der Waals surface area contributed by atoms with Gasteiger partial charge in [0.25, 0.3) is 0 Å². The molecule has 0 bridgehead atoms.